The van der Waals surface area contributed by atoms with Crippen LogP contribution in [-0.4, -0.2) is 33.5 Å². The van der Waals surface area contributed by atoms with Crippen molar-refractivity contribution in [2.75, 3.05) is 12.3 Å². The molecule has 2 atom stereocenters. The highest BCUT2D eigenvalue weighted by Gasteiger charge is 2.35. The van der Waals surface area contributed by atoms with Crippen LogP contribution in [0.3, 0.4) is 0 Å². The first-order chi connectivity index (χ1) is 11.1. The number of hydrogen-bond acceptors (Lipinski definition) is 5. The van der Waals surface area contributed by atoms with Gasteiger partial charge in [-0.25, -0.2) is 0 Å². The van der Waals surface area contributed by atoms with Crippen LogP contribution in [0.1, 0.15) is 51.3 Å². The molecule has 2 rings (SSSR count). The monoisotopic (exact) mass is 322 g/mol. The van der Waals surface area contributed by atoms with E-state index in [1.54, 1.807) is 0 Å². The molecular formula is C15H26N6O2. The number of aromatic nitrogens is 3. The highest BCUT2D eigenvalue weighted by Crippen LogP contribution is 2.30. The minimum absolute atomic E-state index is 0.00205. The fourth-order valence-electron chi connectivity index (χ4n) is 2.97. The third-order valence-corrected chi connectivity index (χ3v) is 4.25. The Balaban J connectivity index is 1.88. The number of rotatable bonds is 7. The number of carbonyl (C=O) groups is 2. The molecule has 23 heavy (non-hydrogen) atoms. The lowest BCUT2D eigenvalue weighted by molar-refractivity contribution is -0.136. The normalized spacial score (nSPS) is 20.9. The lowest BCUT2D eigenvalue weighted by Gasteiger charge is -2.29. The van der Waals surface area contributed by atoms with Crippen molar-refractivity contribution in [3.05, 3.63) is 5.82 Å². The first-order valence-electron chi connectivity index (χ1n) is 8.34. The van der Waals surface area contributed by atoms with Crippen molar-refractivity contribution in [1.29, 1.82) is 0 Å². The molecule has 1 heterocycles. The highest BCUT2D eigenvalue weighted by atomic mass is 16.2. The van der Waals surface area contributed by atoms with E-state index in [1.165, 1.54) is 0 Å². The maximum atomic E-state index is 12.4. The first-order valence-corrected chi connectivity index (χ1v) is 8.34. The third kappa shape index (κ3) is 4.94. The highest BCUT2D eigenvalue weighted by molar-refractivity contribution is 5.87. The second-order valence-electron chi connectivity index (χ2n) is 6.00. The van der Waals surface area contributed by atoms with Crippen LogP contribution >= 0.6 is 0 Å². The van der Waals surface area contributed by atoms with Gasteiger partial charge in [0.1, 0.15) is 5.82 Å². The molecule has 1 aliphatic carbocycles. The van der Waals surface area contributed by atoms with E-state index in [4.69, 9.17) is 5.73 Å². The predicted molar refractivity (Wildman–Crippen MR) is 86.0 cm³/mol. The van der Waals surface area contributed by atoms with Crippen LogP contribution in [-0.2, 0) is 16.1 Å². The Labute approximate surface area is 136 Å². The number of unbranched alkanes of at least 4 members (excludes halogenated alkanes) is 1. The summed E-state index contributed by atoms with van der Waals surface area (Å²) in [4.78, 5) is 28.7. The van der Waals surface area contributed by atoms with E-state index < -0.39 is 0 Å². The molecule has 0 aliphatic heterocycles. The van der Waals surface area contributed by atoms with Crippen LogP contribution in [0.4, 0.5) is 5.95 Å². The Kier molecular flexibility index (Phi) is 6.37. The molecule has 8 heteroatoms. The van der Waals surface area contributed by atoms with Crippen LogP contribution < -0.4 is 16.4 Å². The minimum atomic E-state index is -0.273. The minimum Gasteiger partial charge on any atom is -0.367 e. The number of H-pyrrole nitrogens is 1. The summed E-state index contributed by atoms with van der Waals surface area (Å²) >= 11 is 0. The number of nitrogen functional groups attached to an aromatic ring is 1. The van der Waals surface area contributed by atoms with Gasteiger partial charge in [0.2, 0.25) is 17.8 Å². The average Bonchev–Trinajstić information content (AvgIpc) is 2.98. The molecule has 1 aromatic rings. The number of nitrogens with one attached hydrogen (secondary N) is 3. The molecule has 0 unspecified atom stereocenters. The average molecular weight is 322 g/mol. The van der Waals surface area contributed by atoms with Gasteiger partial charge in [0.05, 0.1) is 6.54 Å². The van der Waals surface area contributed by atoms with E-state index in [0.29, 0.717) is 12.4 Å². The summed E-state index contributed by atoms with van der Waals surface area (Å²) in [5.74, 6) is 0.0549. The maximum absolute atomic E-state index is 12.4. The van der Waals surface area contributed by atoms with Gasteiger partial charge in [-0.3, -0.25) is 14.7 Å². The van der Waals surface area contributed by atoms with Gasteiger partial charge in [-0.2, -0.15) is 4.98 Å². The van der Waals surface area contributed by atoms with E-state index >= 15 is 0 Å². The zero-order valence-corrected chi connectivity index (χ0v) is 13.6. The topological polar surface area (TPSA) is 126 Å². The maximum Gasteiger partial charge on any atom is 0.239 e. The zero-order chi connectivity index (χ0) is 16.7. The van der Waals surface area contributed by atoms with Gasteiger partial charge < -0.3 is 16.4 Å². The summed E-state index contributed by atoms with van der Waals surface area (Å²) in [5, 5.41) is 12.1. The largest absolute Gasteiger partial charge is 0.367 e. The SMILES string of the molecule is CCCCNC(=O)[C@@H]1CCCC[C@@H]1C(=O)NCc1nc(N)n[nH]1. The van der Waals surface area contributed by atoms with Crippen molar-refractivity contribution in [2.24, 2.45) is 11.8 Å². The summed E-state index contributed by atoms with van der Waals surface area (Å²) in [6, 6.07) is 0. The van der Waals surface area contributed by atoms with Crippen molar-refractivity contribution in [3.8, 4) is 0 Å². The van der Waals surface area contributed by atoms with Gasteiger partial charge in [0.15, 0.2) is 0 Å². The zero-order valence-electron chi connectivity index (χ0n) is 13.6. The standard InChI is InChI=1S/C15H26N6O2/c1-2-3-8-17-13(22)10-6-4-5-7-11(10)14(23)18-9-12-19-15(16)21-20-12/h10-11H,2-9H2,1H3,(H,17,22)(H,18,23)(H3,16,19,20,21)/t10-,11+/m1/s1. The lowest BCUT2D eigenvalue weighted by atomic mass is 9.78. The molecule has 0 aromatic carbocycles. The summed E-state index contributed by atoms with van der Waals surface area (Å²) < 4.78 is 0. The van der Waals surface area contributed by atoms with E-state index in [2.05, 4.69) is 32.7 Å². The second kappa shape index (κ2) is 8.50. The Morgan fingerprint density at radius 1 is 1.22 bits per heavy atom. The number of nitrogens with zero attached hydrogens (tertiary/aromatic N) is 2. The Bertz CT molecular complexity index is 530. The Morgan fingerprint density at radius 2 is 1.87 bits per heavy atom. The molecule has 0 spiro atoms. The lowest BCUT2D eigenvalue weighted by Crippen LogP contribution is -2.43. The molecule has 1 aliphatic rings. The number of nitrogens with two attached hydrogens (primary N) is 1. The van der Waals surface area contributed by atoms with E-state index in [-0.39, 0.29) is 36.1 Å². The second-order valence-corrected chi connectivity index (χ2v) is 6.00. The van der Waals surface area contributed by atoms with Crippen LogP contribution in [0.25, 0.3) is 0 Å². The Hall–Kier alpha value is -2.12. The van der Waals surface area contributed by atoms with Crippen LogP contribution in [0.2, 0.25) is 0 Å². The van der Waals surface area contributed by atoms with Gasteiger partial charge in [0, 0.05) is 18.4 Å². The van der Waals surface area contributed by atoms with Gasteiger partial charge in [-0.05, 0) is 19.3 Å². The van der Waals surface area contributed by atoms with E-state index in [1.807, 2.05) is 0 Å². The smallest absolute Gasteiger partial charge is 0.239 e. The number of anilines is 1. The predicted octanol–water partition coefficient (Wildman–Crippen LogP) is 0.726. The molecule has 0 bridgehead atoms. The van der Waals surface area contributed by atoms with Gasteiger partial charge in [-0.1, -0.05) is 26.2 Å². The quantitative estimate of drug-likeness (QED) is 0.550. The molecule has 5 N–H and O–H groups in total. The summed E-state index contributed by atoms with van der Waals surface area (Å²) in [5.41, 5.74) is 5.43. The fraction of sp³-hybridized carbons (Fsp3) is 0.733. The van der Waals surface area contributed by atoms with Crippen LogP contribution in [0.15, 0.2) is 0 Å². The van der Waals surface area contributed by atoms with Crippen molar-refractivity contribution in [1.82, 2.24) is 25.8 Å². The molecule has 0 saturated heterocycles. The van der Waals surface area contributed by atoms with Gasteiger partial charge in [0.25, 0.3) is 0 Å². The fourth-order valence-corrected chi connectivity index (χ4v) is 2.97. The van der Waals surface area contributed by atoms with Crippen LogP contribution in [0, 0.1) is 11.8 Å². The van der Waals surface area contributed by atoms with E-state index in [0.717, 1.165) is 38.5 Å². The summed E-state index contributed by atoms with van der Waals surface area (Å²) in [7, 11) is 0. The third-order valence-electron chi connectivity index (χ3n) is 4.25. The number of amides is 2. The molecular weight excluding hydrogens is 296 g/mol. The van der Waals surface area contributed by atoms with Crippen molar-refractivity contribution >= 4 is 17.8 Å². The molecule has 1 fully saturated rings. The van der Waals surface area contributed by atoms with Crippen molar-refractivity contribution in [3.63, 3.8) is 0 Å². The van der Waals surface area contributed by atoms with Crippen molar-refractivity contribution in [2.45, 2.75) is 52.0 Å². The number of hydrogen-bond donors (Lipinski definition) is 4. The number of aromatic amines is 1. The Morgan fingerprint density at radius 3 is 2.43 bits per heavy atom. The summed E-state index contributed by atoms with van der Waals surface area (Å²) in [6.07, 6.45) is 5.49. The molecule has 1 aromatic heterocycles. The van der Waals surface area contributed by atoms with Crippen LogP contribution in [0.5, 0.6) is 0 Å². The van der Waals surface area contributed by atoms with E-state index in [9.17, 15) is 9.59 Å². The molecule has 128 valence electrons. The molecule has 2 amide bonds. The first kappa shape index (κ1) is 17.2. The summed E-state index contributed by atoms with van der Waals surface area (Å²) in [6.45, 7) is 3.00. The van der Waals surface area contributed by atoms with Gasteiger partial charge >= 0.3 is 0 Å². The van der Waals surface area contributed by atoms with Crippen molar-refractivity contribution < 1.29 is 9.59 Å². The molecule has 0 radical (unpaired) electrons. The number of carbonyl (C=O) groups excluding carboxylic acids is 2. The molecule has 1 saturated carbocycles. The molecule has 8 nitrogen and oxygen atoms in total. The van der Waals surface area contributed by atoms with Gasteiger partial charge in [-0.15, -0.1) is 5.10 Å².